The lowest BCUT2D eigenvalue weighted by molar-refractivity contribution is 0.119. The highest BCUT2D eigenvalue weighted by Gasteiger charge is 2.35. The molecule has 1 aliphatic rings. The second-order valence-electron chi connectivity index (χ2n) is 4.87. The Morgan fingerprint density at radius 2 is 2.38 bits per heavy atom. The molecule has 1 aliphatic heterocycles. The number of carboxylic acid groups (broad SMARTS) is 1. The van der Waals surface area contributed by atoms with Crippen LogP contribution in [0.25, 0.3) is 0 Å². The lowest BCUT2D eigenvalue weighted by atomic mass is 10.1. The molecule has 2 rings (SSSR count). The van der Waals surface area contributed by atoms with Gasteiger partial charge in [0.2, 0.25) is 0 Å². The van der Waals surface area contributed by atoms with Crippen molar-refractivity contribution in [2.45, 2.75) is 12.5 Å². The van der Waals surface area contributed by atoms with E-state index in [1.165, 1.54) is 11.1 Å². The molecule has 21 heavy (non-hydrogen) atoms. The zero-order valence-electron chi connectivity index (χ0n) is 11.5. The number of rotatable bonds is 5. The van der Waals surface area contributed by atoms with Crippen LogP contribution in [-0.2, 0) is 4.74 Å². The van der Waals surface area contributed by atoms with Gasteiger partial charge in [0.15, 0.2) is 5.75 Å². The van der Waals surface area contributed by atoms with Gasteiger partial charge in [-0.3, -0.25) is 0 Å². The average molecular weight is 410 g/mol. The van der Waals surface area contributed by atoms with Gasteiger partial charge >= 0.3 is 6.09 Å². The third-order valence-corrected chi connectivity index (χ3v) is 4.23. The van der Waals surface area contributed by atoms with E-state index in [-0.39, 0.29) is 24.3 Å². The lowest BCUT2D eigenvalue weighted by Crippen LogP contribution is -2.38. The Balaban J connectivity index is 2.02. The van der Waals surface area contributed by atoms with E-state index in [2.05, 4.69) is 4.98 Å². The van der Waals surface area contributed by atoms with Gasteiger partial charge in [0.25, 0.3) is 5.95 Å². The minimum absolute atomic E-state index is 0.0682. The SMILES string of the molecule is COC[C@H]1C[C@@H](COc2c(I)ccnc2F)N(C(=O)O)C1. The first-order valence-electron chi connectivity index (χ1n) is 6.44. The van der Waals surface area contributed by atoms with E-state index in [1.54, 1.807) is 13.2 Å². The quantitative estimate of drug-likeness (QED) is 0.596. The maximum atomic E-state index is 13.6. The first-order valence-corrected chi connectivity index (χ1v) is 7.52. The third-order valence-electron chi connectivity index (χ3n) is 3.38. The van der Waals surface area contributed by atoms with Gasteiger partial charge in [-0.15, -0.1) is 0 Å². The van der Waals surface area contributed by atoms with Crippen molar-refractivity contribution in [3.05, 3.63) is 21.8 Å². The van der Waals surface area contributed by atoms with Gasteiger partial charge in [0, 0.05) is 25.8 Å². The van der Waals surface area contributed by atoms with Crippen molar-refractivity contribution in [1.82, 2.24) is 9.88 Å². The largest absolute Gasteiger partial charge is 0.486 e. The Labute approximate surface area is 135 Å². The molecule has 0 radical (unpaired) electrons. The number of amides is 1. The number of likely N-dealkylation sites (tertiary alicyclic amines) is 1. The maximum absolute atomic E-state index is 13.6. The highest BCUT2D eigenvalue weighted by Crippen LogP contribution is 2.27. The molecule has 2 heterocycles. The van der Waals surface area contributed by atoms with Gasteiger partial charge in [-0.1, -0.05) is 0 Å². The Hall–Kier alpha value is -1.16. The molecule has 8 heteroatoms. The molecule has 1 fully saturated rings. The monoisotopic (exact) mass is 410 g/mol. The van der Waals surface area contributed by atoms with Crippen LogP contribution in [0.15, 0.2) is 12.3 Å². The molecule has 1 aromatic rings. The van der Waals surface area contributed by atoms with Gasteiger partial charge in [0.05, 0.1) is 16.2 Å². The second kappa shape index (κ2) is 7.21. The van der Waals surface area contributed by atoms with Crippen LogP contribution < -0.4 is 4.74 Å². The van der Waals surface area contributed by atoms with E-state index < -0.39 is 12.0 Å². The van der Waals surface area contributed by atoms with E-state index in [4.69, 9.17) is 9.47 Å². The summed E-state index contributed by atoms with van der Waals surface area (Å²) in [4.78, 5) is 16.1. The first kappa shape index (κ1) is 16.2. The van der Waals surface area contributed by atoms with Crippen molar-refractivity contribution in [1.29, 1.82) is 0 Å². The molecule has 2 atom stereocenters. The summed E-state index contributed by atoms with van der Waals surface area (Å²) in [7, 11) is 1.59. The molecular formula is C13H16FIN2O4. The molecule has 0 unspecified atom stereocenters. The summed E-state index contributed by atoms with van der Waals surface area (Å²) in [6, 6.07) is 1.33. The maximum Gasteiger partial charge on any atom is 0.407 e. The van der Waals surface area contributed by atoms with Crippen molar-refractivity contribution in [2.24, 2.45) is 5.92 Å². The fourth-order valence-corrected chi connectivity index (χ4v) is 3.01. The number of carbonyl (C=O) groups is 1. The van der Waals surface area contributed by atoms with Crippen molar-refractivity contribution in [3.63, 3.8) is 0 Å². The van der Waals surface area contributed by atoms with Gasteiger partial charge in [-0.05, 0) is 35.1 Å². The molecule has 0 aromatic carbocycles. The van der Waals surface area contributed by atoms with Crippen LogP contribution in [0.4, 0.5) is 9.18 Å². The smallest absolute Gasteiger partial charge is 0.407 e. The third kappa shape index (κ3) is 3.94. The minimum Gasteiger partial charge on any atom is -0.486 e. The van der Waals surface area contributed by atoms with Crippen molar-refractivity contribution >= 4 is 28.7 Å². The Morgan fingerprint density at radius 3 is 3.00 bits per heavy atom. The summed E-state index contributed by atoms with van der Waals surface area (Å²) in [6.45, 7) is 1.01. The predicted molar refractivity (Wildman–Crippen MR) is 80.9 cm³/mol. The minimum atomic E-state index is -0.997. The van der Waals surface area contributed by atoms with Crippen LogP contribution >= 0.6 is 22.6 Å². The number of ether oxygens (including phenoxy) is 2. The van der Waals surface area contributed by atoms with Gasteiger partial charge in [-0.25, -0.2) is 9.78 Å². The predicted octanol–water partition coefficient (Wildman–Crippen LogP) is 2.22. The highest BCUT2D eigenvalue weighted by atomic mass is 127. The van der Waals surface area contributed by atoms with E-state index in [9.17, 15) is 14.3 Å². The molecule has 6 nitrogen and oxygen atoms in total. The molecule has 0 aliphatic carbocycles. The summed E-state index contributed by atoms with van der Waals surface area (Å²) < 4.78 is 24.7. The summed E-state index contributed by atoms with van der Waals surface area (Å²) in [5.41, 5.74) is 0. The second-order valence-corrected chi connectivity index (χ2v) is 6.03. The van der Waals surface area contributed by atoms with E-state index >= 15 is 0 Å². The molecule has 0 spiro atoms. The lowest BCUT2D eigenvalue weighted by Gasteiger charge is -2.21. The summed E-state index contributed by atoms with van der Waals surface area (Å²) >= 11 is 1.95. The van der Waals surface area contributed by atoms with Gasteiger partial charge in [0.1, 0.15) is 6.61 Å². The van der Waals surface area contributed by atoms with Gasteiger partial charge in [-0.2, -0.15) is 4.39 Å². The number of methoxy groups -OCH3 is 1. The molecule has 1 amide bonds. The van der Waals surface area contributed by atoms with Crippen LogP contribution in [0.3, 0.4) is 0 Å². The fourth-order valence-electron chi connectivity index (χ4n) is 2.47. The summed E-state index contributed by atoms with van der Waals surface area (Å²) in [5.74, 6) is -0.480. The van der Waals surface area contributed by atoms with Crippen molar-refractivity contribution in [3.8, 4) is 5.75 Å². The molecule has 1 N–H and O–H groups in total. The van der Waals surface area contributed by atoms with Crippen LogP contribution in [0, 0.1) is 15.4 Å². The fraction of sp³-hybridized carbons (Fsp3) is 0.538. The number of halogens is 2. The van der Waals surface area contributed by atoms with Gasteiger partial charge < -0.3 is 19.5 Å². The molecule has 0 bridgehead atoms. The van der Waals surface area contributed by atoms with Crippen LogP contribution in [0.5, 0.6) is 5.75 Å². The number of pyridine rings is 1. The Bertz CT molecular complexity index is 497. The van der Waals surface area contributed by atoms with E-state index in [0.29, 0.717) is 23.1 Å². The number of aromatic nitrogens is 1. The normalized spacial score (nSPS) is 21.6. The molecular weight excluding hydrogens is 394 g/mol. The Morgan fingerprint density at radius 1 is 1.62 bits per heavy atom. The van der Waals surface area contributed by atoms with Crippen molar-refractivity contribution < 1.29 is 23.8 Å². The number of hydrogen-bond donors (Lipinski definition) is 1. The van der Waals surface area contributed by atoms with E-state index in [0.717, 1.165) is 0 Å². The number of hydrogen-bond acceptors (Lipinski definition) is 4. The zero-order chi connectivity index (χ0) is 15.4. The number of nitrogens with zero attached hydrogens (tertiary/aromatic N) is 2. The molecule has 1 saturated heterocycles. The van der Waals surface area contributed by atoms with Crippen molar-refractivity contribution in [2.75, 3.05) is 26.9 Å². The summed E-state index contributed by atoms with van der Waals surface area (Å²) in [6.07, 6.45) is 1.000. The Kier molecular flexibility index (Phi) is 5.57. The molecule has 116 valence electrons. The molecule has 0 saturated carbocycles. The molecule has 1 aromatic heterocycles. The van der Waals surface area contributed by atoms with Crippen LogP contribution in [0.2, 0.25) is 0 Å². The topological polar surface area (TPSA) is 71.9 Å². The first-order chi connectivity index (χ1) is 10.0. The summed E-state index contributed by atoms with van der Waals surface area (Å²) in [5, 5.41) is 9.22. The van der Waals surface area contributed by atoms with Crippen LogP contribution in [-0.4, -0.2) is 54.0 Å². The average Bonchev–Trinajstić information content (AvgIpc) is 2.82. The highest BCUT2D eigenvalue weighted by molar-refractivity contribution is 14.1. The van der Waals surface area contributed by atoms with Crippen LogP contribution in [0.1, 0.15) is 6.42 Å². The van der Waals surface area contributed by atoms with E-state index in [1.807, 2.05) is 22.6 Å². The zero-order valence-corrected chi connectivity index (χ0v) is 13.6. The standard InChI is InChI=1S/C13H16FIN2O4/c1-20-6-8-4-9(17(5-8)13(18)19)7-21-11-10(15)2-3-16-12(11)14/h2-3,8-9H,4-7H2,1H3,(H,18,19)/t8-,9-/m0/s1.